The molecule has 1 amide bonds. The molecule has 1 heterocycles. The van der Waals surface area contributed by atoms with Crippen LogP contribution in [0.25, 0.3) is 0 Å². The molecule has 54 valence electrons. The van der Waals surface area contributed by atoms with Crippen molar-refractivity contribution in [1.29, 1.82) is 0 Å². The Labute approximate surface area is 61.5 Å². The third kappa shape index (κ3) is 1.70. The molecule has 2 N–H and O–H groups in total. The summed E-state index contributed by atoms with van der Waals surface area (Å²) in [5.74, 6) is 0. The molecule has 0 aliphatic heterocycles. The number of nitrogens with one attached hydrogen (secondary N) is 1. The van der Waals surface area contributed by atoms with Gasteiger partial charge in [-0.3, -0.25) is 5.32 Å². The first-order valence-electron chi connectivity index (χ1n) is 2.61. The fraction of sp³-hybridized carbons (Fsp3) is 0.200. The predicted molar refractivity (Wildman–Crippen MR) is 38.5 cm³/mol. The molecular weight excluding hydrogens is 152 g/mol. The van der Waals surface area contributed by atoms with E-state index in [-0.39, 0.29) is 0 Å². The molecule has 5 heteroatoms. The molecule has 1 aromatic heterocycles. The van der Waals surface area contributed by atoms with Crippen LogP contribution in [0.3, 0.4) is 0 Å². The minimum Gasteiger partial charge on any atom is -0.465 e. The van der Waals surface area contributed by atoms with Crippen molar-refractivity contribution in [2.24, 2.45) is 0 Å². The first kappa shape index (κ1) is 7.01. The molecule has 0 unspecified atom stereocenters. The highest BCUT2D eigenvalue weighted by molar-refractivity contribution is 7.15. The van der Waals surface area contributed by atoms with Crippen molar-refractivity contribution in [3.8, 4) is 0 Å². The molecule has 0 saturated heterocycles. The van der Waals surface area contributed by atoms with Gasteiger partial charge in [0.2, 0.25) is 0 Å². The second-order valence-corrected chi connectivity index (χ2v) is 2.91. The van der Waals surface area contributed by atoms with Gasteiger partial charge in [-0.05, 0) is 6.92 Å². The lowest BCUT2D eigenvalue weighted by Gasteiger charge is -1.90. The van der Waals surface area contributed by atoms with Gasteiger partial charge in [-0.1, -0.05) is 0 Å². The zero-order valence-electron chi connectivity index (χ0n) is 5.29. The van der Waals surface area contributed by atoms with E-state index in [4.69, 9.17) is 5.11 Å². The summed E-state index contributed by atoms with van der Waals surface area (Å²) in [5.41, 5.74) is 0. The summed E-state index contributed by atoms with van der Waals surface area (Å²) in [5, 5.41) is 11.9. The lowest BCUT2D eigenvalue weighted by Crippen LogP contribution is -2.05. The van der Waals surface area contributed by atoms with Crippen molar-refractivity contribution in [2.75, 3.05) is 5.32 Å². The van der Waals surface area contributed by atoms with E-state index in [2.05, 4.69) is 10.3 Å². The highest BCUT2D eigenvalue weighted by Crippen LogP contribution is 2.16. The lowest BCUT2D eigenvalue weighted by molar-refractivity contribution is 0.210. The Balaban J connectivity index is 2.67. The van der Waals surface area contributed by atoms with Crippen LogP contribution in [0.2, 0.25) is 0 Å². The van der Waals surface area contributed by atoms with Gasteiger partial charge in [0.25, 0.3) is 0 Å². The topological polar surface area (TPSA) is 62.2 Å². The van der Waals surface area contributed by atoms with Crippen LogP contribution in [0.4, 0.5) is 9.80 Å². The number of aromatic nitrogens is 1. The fourth-order valence-electron chi connectivity index (χ4n) is 0.525. The lowest BCUT2D eigenvalue weighted by atomic mass is 10.8. The van der Waals surface area contributed by atoms with Crippen LogP contribution < -0.4 is 5.32 Å². The molecule has 0 aliphatic carbocycles. The Bertz CT molecular complexity index is 246. The number of carboxylic acid groups (broad SMARTS) is 1. The van der Waals surface area contributed by atoms with Gasteiger partial charge >= 0.3 is 6.09 Å². The van der Waals surface area contributed by atoms with Crippen LogP contribution in [-0.2, 0) is 0 Å². The Morgan fingerprint density at radius 2 is 2.60 bits per heavy atom. The van der Waals surface area contributed by atoms with E-state index in [9.17, 15) is 4.79 Å². The van der Waals surface area contributed by atoms with Crippen LogP contribution >= 0.6 is 11.3 Å². The molecule has 1 aromatic rings. The minimum atomic E-state index is -1.05. The summed E-state index contributed by atoms with van der Waals surface area (Å²) < 4.78 is 0. The Hall–Kier alpha value is -1.10. The zero-order valence-corrected chi connectivity index (χ0v) is 6.10. The molecule has 0 aromatic carbocycles. The summed E-state index contributed by atoms with van der Waals surface area (Å²) in [7, 11) is 0. The Morgan fingerprint density at radius 3 is 3.00 bits per heavy atom. The van der Waals surface area contributed by atoms with E-state index in [0.717, 1.165) is 5.01 Å². The van der Waals surface area contributed by atoms with Crippen LogP contribution in [-0.4, -0.2) is 16.2 Å². The number of hydrogen-bond acceptors (Lipinski definition) is 3. The van der Waals surface area contributed by atoms with Gasteiger partial charge in [0, 0.05) is 0 Å². The van der Waals surface area contributed by atoms with Crippen molar-refractivity contribution in [3.63, 3.8) is 0 Å². The van der Waals surface area contributed by atoms with E-state index in [0.29, 0.717) is 5.00 Å². The predicted octanol–water partition coefficient (Wildman–Crippen LogP) is 1.54. The van der Waals surface area contributed by atoms with Crippen molar-refractivity contribution in [2.45, 2.75) is 6.92 Å². The first-order valence-corrected chi connectivity index (χ1v) is 3.42. The maximum atomic E-state index is 10.0. The molecule has 0 aliphatic rings. The second kappa shape index (κ2) is 2.66. The minimum absolute atomic E-state index is 0.560. The standard InChI is InChI=1S/C5H6N2O2S/c1-3-6-2-4(10-3)7-5(8)9/h2,7H,1H3,(H,8,9). The molecule has 0 radical (unpaired) electrons. The SMILES string of the molecule is Cc1ncc(NC(=O)O)s1. The van der Waals surface area contributed by atoms with Crippen LogP contribution in [0.15, 0.2) is 6.20 Å². The van der Waals surface area contributed by atoms with E-state index in [1.807, 2.05) is 6.92 Å². The van der Waals surface area contributed by atoms with E-state index < -0.39 is 6.09 Å². The highest BCUT2D eigenvalue weighted by Gasteiger charge is 1.99. The largest absolute Gasteiger partial charge is 0.465 e. The van der Waals surface area contributed by atoms with Gasteiger partial charge in [0.15, 0.2) is 0 Å². The normalized spacial score (nSPS) is 9.30. The van der Waals surface area contributed by atoms with E-state index >= 15 is 0 Å². The van der Waals surface area contributed by atoms with Gasteiger partial charge in [-0.2, -0.15) is 0 Å². The molecular formula is C5H6N2O2S. The fourth-order valence-corrected chi connectivity index (χ4v) is 1.19. The van der Waals surface area contributed by atoms with E-state index in [1.165, 1.54) is 17.5 Å². The smallest absolute Gasteiger partial charge is 0.409 e. The van der Waals surface area contributed by atoms with Gasteiger partial charge in [-0.25, -0.2) is 9.78 Å². The zero-order chi connectivity index (χ0) is 7.56. The third-order valence-electron chi connectivity index (χ3n) is 0.851. The number of nitrogens with zero attached hydrogens (tertiary/aromatic N) is 1. The van der Waals surface area contributed by atoms with Crippen molar-refractivity contribution in [1.82, 2.24) is 4.98 Å². The number of aryl methyl sites for hydroxylation is 1. The molecule has 0 fully saturated rings. The van der Waals surface area contributed by atoms with Crippen molar-refractivity contribution >= 4 is 22.4 Å². The van der Waals surface area contributed by atoms with Gasteiger partial charge in [-0.15, -0.1) is 11.3 Å². The monoisotopic (exact) mass is 158 g/mol. The van der Waals surface area contributed by atoms with Crippen LogP contribution in [0.1, 0.15) is 5.01 Å². The molecule has 0 atom stereocenters. The Morgan fingerprint density at radius 1 is 1.90 bits per heavy atom. The maximum absolute atomic E-state index is 10.0. The number of carbonyl (C=O) groups is 1. The molecule has 10 heavy (non-hydrogen) atoms. The summed E-state index contributed by atoms with van der Waals surface area (Å²) in [6.45, 7) is 1.82. The number of hydrogen-bond donors (Lipinski definition) is 2. The van der Waals surface area contributed by atoms with Crippen molar-refractivity contribution in [3.05, 3.63) is 11.2 Å². The Kier molecular flexibility index (Phi) is 1.86. The van der Waals surface area contributed by atoms with Crippen molar-refractivity contribution < 1.29 is 9.90 Å². The molecule has 4 nitrogen and oxygen atoms in total. The number of rotatable bonds is 1. The molecule has 0 saturated carbocycles. The van der Waals surface area contributed by atoms with Gasteiger partial charge in [0.1, 0.15) is 5.00 Å². The third-order valence-corrected chi connectivity index (χ3v) is 1.68. The van der Waals surface area contributed by atoms with E-state index in [1.54, 1.807) is 0 Å². The summed E-state index contributed by atoms with van der Waals surface area (Å²) >= 11 is 1.31. The van der Waals surface area contributed by atoms with Gasteiger partial charge < -0.3 is 5.11 Å². The molecule has 0 bridgehead atoms. The molecule has 1 rings (SSSR count). The quantitative estimate of drug-likeness (QED) is 0.651. The average Bonchev–Trinajstić information content (AvgIpc) is 2.13. The van der Waals surface area contributed by atoms with Crippen LogP contribution in [0.5, 0.6) is 0 Å². The first-order chi connectivity index (χ1) is 4.68. The average molecular weight is 158 g/mol. The number of amides is 1. The molecule has 0 spiro atoms. The number of anilines is 1. The summed E-state index contributed by atoms with van der Waals surface area (Å²) in [6.07, 6.45) is 0.442. The summed E-state index contributed by atoms with van der Waals surface area (Å²) in [4.78, 5) is 13.9. The van der Waals surface area contributed by atoms with Crippen LogP contribution in [0, 0.1) is 6.92 Å². The summed E-state index contributed by atoms with van der Waals surface area (Å²) in [6, 6.07) is 0. The second-order valence-electron chi connectivity index (χ2n) is 1.67. The number of thiazole rings is 1. The van der Waals surface area contributed by atoms with Gasteiger partial charge in [0.05, 0.1) is 11.2 Å². The highest BCUT2D eigenvalue weighted by atomic mass is 32.1. The maximum Gasteiger partial charge on any atom is 0.409 e.